The van der Waals surface area contributed by atoms with E-state index >= 15 is 0 Å². The number of nitrogens with zero attached hydrogens (tertiary/aromatic N) is 4. The number of guanidine groups is 1. The molecule has 0 aromatic carbocycles. The monoisotopic (exact) mass is 335 g/mol. The topological polar surface area (TPSA) is 43.8 Å². The smallest absolute Gasteiger partial charge is 0.194 e. The Kier molecular flexibility index (Phi) is 8.07. The summed E-state index contributed by atoms with van der Waals surface area (Å²) >= 11 is 1.91. The maximum Gasteiger partial charge on any atom is 0.194 e. The van der Waals surface area contributed by atoms with Crippen molar-refractivity contribution < 1.29 is 0 Å². The van der Waals surface area contributed by atoms with Crippen molar-refractivity contribution in [2.75, 3.05) is 56.2 Å². The van der Waals surface area contributed by atoms with E-state index in [4.69, 9.17) is 4.99 Å². The standard InChI is InChI=1S/C17H29N5S/c1-3-18-17(20-10-6-7-15-23-2)22-13-11-21(12-14-22)16-8-4-5-9-19-16/h4-5,8-9H,3,6-7,10-15H2,1-2H3,(H,18,20). The molecule has 0 amide bonds. The van der Waals surface area contributed by atoms with Crippen LogP contribution in [0.3, 0.4) is 0 Å². The number of hydrogen-bond donors (Lipinski definition) is 1. The van der Waals surface area contributed by atoms with Gasteiger partial charge in [0.15, 0.2) is 5.96 Å². The first-order valence-electron chi connectivity index (χ1n) is 8.53. The number of aromatic nitrogens is 1. The van der Waals surface area contributed by atoms with Crippen LogP contribution in [-0.4, -0.2) is 67.1 Å². The molecule has 0 spiro atoms. The predicted octanol–water partition coefficient (Wildman–Crippen LogP) is 2.31. The summed E-state index contributed by atoms with van der Waals surface area (Å²) in [7, 11) is 0. The molecule has 128 valence electrons. The van der Waals surface area contributed by atoms with E-state index in [0.717, 1.165) is 51.0 Å². The van der Waals surface area contributed by atoms with Crippen molar-refractivity contribution in [3.05, 3.63) is 24.4 Å². The number of nitrogens with one attached hydrogen (secondary N) is 1. The molecule has 0 radical (unpaired) electrons. The summed E-state index contributed by atoms with van der Waals surface area (Å²) in [5, 5.41) is 3.43. The van der Waals surface area contributed by atoms with Gasteiger partial charge in [0.25, 0.3) is 0 Å². The minimum absolute atomic E-state index is 0.920. The molecule has 0 saturated carbocycles. The van der Waals surface area contributed by atoms with Crippen LogP contribution in [0, 0.1) is 0 Å². The Balaban J connectivity index is 1.83. The normalized spacial score (nSPS) is 15.8. The zero-order valence-corrected chi connectivity index (χ0v) is 15.2. The molecule has 6 heteroatoms. The first-order chi connectivity index (χ1) is 11.3. The molecular formula is C17H29N5S. The molecule has 5 nitrogen and oxygen atoms in total. The van der Waals surface area contributed by atoms with Crippen LogP contribution in [0.5, 0.6) is 0 Å². The largest absolute Gasteiger partial charge is 0.357 e. The Morgan fingerprint density at radius 3 is 2.74 bits per heavy atom. The third-order valence-electron chi connectivity index (χ3n) is 3.91. The molecular weight excluding hydrogens is 306 g/mol. The van der Waals surface area contributed by atoms with Gasteiger partial charge in [0.2, 0.25) is 0 Å². The summed E-state index contributed by atoms with van der Waals surface area (Å²) in [4.78, 5) is 14.0. The molecule has 1 aliphatic rings. The van der Waals surface area contributed by atoms with Crippen LogP contribution in [0.1, 0.15) is 19.8 Å². The van der Waals surface area contributed by atoms with Crippen molar-refractivity contribution in [2.24, 2.45) is 4.99 Å². The average molecular weight is 336 g/mol. The highest BCUT2D eigenvalue weighted by atomic mass is 32.2. The van der Waals surface area contributed by atoms with Crippen LogP contribution in [0.2, 0.25) is 0 Å². The van der Waals surface area contributed by atoms with E-state index < -0.39 is 0 Å². The van der Waals surface area contributed by atoms with E-state index in [1.54, 1.807) is 0 Å². The molecule has 0 atom stereocenters. The maximum atomic E-state index is 4.79. The molecule has 0 unspecified atom stereocenters. The van der Waals surface area contributed by atoms with Gasteiger partial charge in [-0.05, 0) is 43.9 Å². The van der Waals surface area contributed by atoms with E-state index in [9.17, 15) is 0 Å². The molecule has 2 rings (SSSR count). The van der Waals surface area contributed by atoms with Gasteiger partial charge >= 0.3 is 0 Å². The van der Waals surface area contributed by atoms with Crippen LogP contribution in [-0.2, 0) is 0 Å². The highest BCUT2D eigenvalue weighted by Crippen LogP contribution is 2.12. The number of rotatable bonds is 7. The quantitative estimate of drug-likeness (QED) is 0.471. The molecule has 1 N–H and O–H groups in total. The lowest BCUT2D eigenvalue weighted by molar-refractivity contribution is 0.371. The lowest BCUT2D eigenvalue weighted by Gasteiger charge is -2.37. The van der Waals surface area contributed by atoms with Crippen LogP contribution in [0.4, 0.5) is 5.82 Å². The molecule has 1 saturated heterocycles. The van der Waals surface area contributed by atoms with Gasteiger partial charge < -0.3 is 15.1 Å². The SMILES string of the molecule is CCNC(=NCCCCSC)N1CCN(c2ccccn2)CC1. The van der Waals surface area contributed by atoms with E-state index in [-0.39, 0.29) is 0 Å². The molecule has 1 fully saturated rings. The summed E-state index contributed by atoms with van der Waals surface area (Å²) in [6.07, 6.45) is 6.44. The molecule has 1 aromatic rings. The highest BCUT2D eigenvalue weighted by Gasteiger charge is 2.20. The fourth-order valence-corrected chi connectivity index (χ4v) is 3.15. The molecule has 0 bridgehead atoms. The molecule has 23 heavy (non-hydrogen) atoms. The average Bonchev–Trinajstić information content (AvgIpc) is 2.61. The van der Waals surface area contributed by atoms with Crippen molar-refractivity contribution in [3.63, 3.8) is 0 Å². The fourth-order valence-electron chi connectivity index (χ4n) is 2.66. The Morgan fingerprint density at radius 1 is 1.26 bits per heavy atom. The van der Waals surface area contributed by atoms with Crippen molar-refractivity contribution in [1.29, 1.82) is 0 Å². The lowest BCUT2D eigenvalue weighted by atomic mass is 10.3. The van der Waals surface area contributed by atoms with E-state index in [0.29, 0.717) is 0 Å². The predicted molar refractivity (Wildman–Crippen MR) is 102 cm³/mol. The first-order valence-corrected chi connectivity index (χ1v) is 9.92. The maximum absolute atomic E-state index is 4.79. The third kappa shape index (κ3) is 5.94. The van der Waals surface area contributed by atoms with E-state index in [1.807, 2.05) is 24.0 Å². The van der Waals surface area contributed by atoms with Crippen LogP contribution in [0.25, 0.3) is 0 Å². The Hall–Kier alpha value is -1.43. The molecule has 0 aliphatic carbocycles. The Bertz CT molecular complexity index is 457. The Morgan fingerprint density at radius 2 is 2.09 bits per heavy atom. The van der Waals surface area contributed by atoms with E-state index in [2.05, 4.69) is 45.4 Å². The third-order valence-corrected chi connectivity index (χ3v) is 4.60. The summed E-state index contributed by atoms with van der Waals surface area (Å²) in [6, 6.07) is 6.10. The minimum atomic E-state index is 0.920. The van der Waals surface area contributed by atoms with Gasteiger partial charge in [-0.15, -0.1) is 0 Å². The number of aliphatic imine (C=N–C) groups is 1. The summed E-state index contributed by atoms with van der Waals surface area (Å²) in [5.41, 5.74) is 0. The summed E-state index contributed by atoms with van der Waals surface area (Å²) in [5.74, 6) is 3.37. The van der Waals surface area contributed by atoms with Gasteiger partial charge in [0, 0.05) is 45.5 Å². The lowest BCUT2D eigenvalue weighted by Crippen LogP contribution is -2.52. The van der Waals surface area contributed by atoms with Crippen molar-refractivity contribution in [3.8, 4) is 0 Å². The van der Waals surface area contributed by atoms with Crippen LogP contribution >= 0.6 is 11.8 Å². The van der Waals surface area contributed by atoms with Crippen LogP contribution in [0.15, 0.2) is 29.4 Å². The van der Waals surface area contributed by atoms with Crippen molar-refractivity contribution in [1.82, 2.24) is 15.2 Å². The number of unbranched alkanes of at least 4 members (excludes halogenated alkanes) is 1. The number of piperazine rings is 1. The van der Waals surface area contributed by atoms with Gasteiger partial charge in [-0.3, -0.25) is 4.99 Å². The zero-order valence-electron chi connectivity index (χ0n) is 14.4. The number of pyridine rings is 1. The second-order valence-electron chi connectivity index (χ2n) is 5.60. The summed E-state index contributed by atoms with van der Waals surface area (Å²) < 4.78 is 0. The number of anilines is 1. The van der Waals surface area contributed by atoms with Crippen LogP contribution < -0.4 is 10.2 Å². The number of thioether (sulfide) groups is 1. The van der Waals surface area contributed by atoms with E-state index in [1.165, 1.54) is 18.6 Å². The zero-order chi connectivity index (χ0) is 16.3. The van der Waals surface area contributed by atoms with Gasteiger partial charge in [-0.2, -0.15) is 11.8 Å². The van der Waals surface area contributed by atoms with Gasteiger partial charge in [0.05, 0.1) is 0 Å². The van der Waals surface area contributed by atoms with Crippen molar-refractivity contribution >= 4 is 23.5 Å². The molecule has 1 aromatic heterocycles. The Labute approximate surface area is 144 Å². The minimum Gasteiger partial charge on any atom is -0.357 e. The van der Waals surface area contributed by atoms with Gasteiger partial charge in [-0.25, -0.2) is 4.98 Å². The second-order valence-corrected chi connectivity index (χ2v) is 6.58. The van der Waals surface area contributed by atoms with Gasteiger partial charge in [0.1, 0.15) is 5.82 Å². The second kappa shape index (κ2) is 10.4. The highest BCUT2D eigenvalue weighted by molar-refractivity contribution is 7.98. The molecule has 2 heterocycles. The summed E-state index contributed by atoms with van der Waals surface area (Å²) in [6.45, 7) is 7.95. The fraction of sp³-hybridized carbons (Fsp3) is 0.647. The van der Waals surface area contributed by atoms with Crippen molar-refractivity contribution in [2.45, 2.75) is 19.8 Å². The number of hydrogen-bond acceptors (Lipinski definition) is 4. The first kappa shape index (κ1) is 17.9. The molecule has 1 aliphatic heterocycles. The van der Waals surface area contributed by atoms with Gasteiger partial charge in [-0.1, -0.05) is 6.07 Å².